The molecule has 0 spiro atoms. The lowest BCUT2D eigenvalue weighted by atomic mass is 10.2. The van der Waals surface area contributed by atoms with Gasteiger partial charge < -0.3 is 0 Å². The van der Waals surface area contributed by atoms with E-state index in [4.69, 9.17) is 11.6 Å². The van der Waals surface area contributed by atoms with Crippen LogP contribution in [0.2, 0.25) is 5.02 Å². The van der Waals surface area contributed by atoms with Crippen LogP contribution in [0, 0.1) is 6.92 Å². The van der Waals surface area contributed by atoms with Crippen LogP contribution in [-0.4, -0.2) is 25.9 Å². The van der Waals surface area contributed by atoms with E-state index in [2.05, 4.69) is 20.6 Å². The lowest BCUT2D eigenvalue weighted by Gasteiger charge is -2.12. The van der Waals surface area contributed by atoms with E-state index in [1.54, 1.807) is 31.2 Å². The van der Waals surface area contributed by atoms with Crippen LogP contribution in [0.15, 0.2) is 65.5 Å². The van der Waals surface area contributed by atoms with Gasteiger partial charge in [0, 0.05) is 18.2 Å². The minimum atomic E-state index is -0.650. The highest BCUT2D eigenvalue weighted by Gasteiger charge is 2.18. The zero-order valence-electron chi connectivity index (χ0n) is 15.9. The predicted octanol–water partition coefficient (Wildman–Crippen LogP) is 3.89. The topological polar surface area (TPSA) is 89.8 Å². The summed E-state index contributed by atoms with van der Waals surface area (Å²) in [7, 11) is 0. The largest absolute Gasteiger partial charge is 0.295 e. The van der Waals surface area contributed by atoms with Crippen LogP contribution in [0.4, 0.5) is 5.13 Å². The number of hydrogen-bond acceptors (Lipinski definition) is 6. The predicted molar refractivity (Wildman–Crippen MR) is 117 cm³/mol. The quantitative estimate of drug-likeness (QED) is 0.511. The van der Waals surface area contributed by atoms with E-state index in [9.17, 15) is 9.59 Å². The summed E-state index contributed by atoms with van der Waals surface area (Å²) in [4.78, 5) is 25.1. The van der Waals surface area contributed by atoms with Crippen LogP contribution in [0.25, 0.3) is 5.69 Å². The van der Waals surface area contributed by atoms with E-state index >= 15 is 0 Å². The van der Waals surface area contributed by atoms with Crippen LogP contribution < -0.4 is 10.7 Å². The monoisotopic (exact) mass is 437 g/mol. The van der Waals surface area contributed by atoms with Gasteiger partial charge in [-0.15, -0.1) is 10.2 Å². The molecule has 1 amide bonds. The van der Waals surface area contributed by atoms with E-state index in [0.29, 0.717) is 28.0 Å². The van der Waals surface area contributed by atoms with Crippen LogP contribution in [0.1, 0.15) is 26.8 Å². The van der Waals surface area contributed by atoms with Gasteiger partial charge in [-0.05, 0) is 24.6 Å². The first-order valence-corrected chi connectivity index (χ1v) is 10.2. The number of para-hydroxylation sites is 1. The van der Waals surface area contributed by atoms with Crippen molar-refractivity contribution >= 4 is 34.0 Å². The summed E-state index contributed by atoms with van der Waals surface area (Å²) in [6.07, 6.45) is 0.608. The first-order valence-electron chi connectivity index (χ1n) is 9.05. The van der Waals surface area contributed by atoms with E-state index < -0.39 is 11.3 Å². The molecule has 0 saturated heterocycles. The number of aryl methyl sites for hydroxylation is 1. The summed E-state index contributed by atoms with van der Waals surface area (Å²) in [5.74, 6) is -0.650. The highest BCUT2D eigenvalue weighted by Crippen LogP contribution is 2.21. The molecule has 7 nitrogen and oxygen atoms in total. The Morgan fingerprint density at radius 1 is 1.10 bits per heavy atom. The highest BCUT2D eigenvalue weighted by atomic mass is 35.5. The fraction of sp³-hybridized carbons (Fsp3) is 0.0952. The van der Waals surface area contributed by atoms with Crippen molar-refractivity contribution < 1.29 is 4.79 Å². The van der Waals surface area contributed by atoms with Crippen molar-refractivity contribution in [1.82, 2.24) is 20.0 Å². The number of nitrogens with zero attached hydrogens (tertiary/aromatic N) is 4. The highest BCUT2D eigenvalue weighted by molar-refractivity contribution is 7.15. The number of nitrogens with one attached hydrogen (secondary N) is 1. The SMILES string of the molecule is Cc1cc(=O)c(C(=O)Nc2nnc(Cc3ccccc3)s2)nn1-c1ccccc1Cl. The van der Waals surface area contributed by atoms with Crippen molar-refractivity contribution in [3.05, 3.63) is 97.9 Å². The molecule has 0 aliphatic carbocycles. The van der Waals surface area contributed by atoms with Gasteiger partial charge >= 0.3 is 0 Å². The molecule has 0 aliphatic heterocycles. The number of benzene rings is 2. The fourth-order valence-corrected chi connectivity index (χ4v) is 3.86. The van der Waals surface area contributed by atoms with Crippen LogP contribution in [0.5, 0.6) is 0 Å². The van der Waals surface area contributed by atoms with Gasteiger partial charge in [-0.25, -0.2) is 4.68 Å². The third-order valence-electron chi connectivity index (χ3n) is 4.29. The Hall–Kier alpha value is -3.36. The van der Waals surface area contributed by atoms with Gasteiger partial charge in [-0.2, -0.15) is 5.10 Å². The van der Waals surface area contributed by atoms with Gasteiger partial charge in [0.2, 0.25) is 10.6 Å². The second-order valence-electron chi connectivity index (χ2n) is 6.48. The Morgan fingerprint density at radius 2 is 1.83 bits per heavy atom. The van der Waals surface area contributed by atoms with Gasteiger partial charge in [-0.3, -0.25) is 14.9 Å². The molecule has 4 rings (SSSR count). The number of anilines is 1. The molecule has 0 aliphatic rings. The molecule has 0 fully saturated rings. The third-order valence-corrected chi connectivity index (χ3v) is 5.45. The van der Waals surface area contributed by atoms with Crippen LogP contribution in [0.3, 0.4) is 0 Å². The number of carbonyl (C=O) groups is 1. The standard InChI is InChI=1S/C21H16ClN5O2S/c1-13-11-17(28)19(26-27(13)16-10-6-5-9-15(16)22)20(29)23-21-25-24-18(30-21)12-14-7-3-2-4-8-14/h2-11H,12H2,1H3,(H,23,25,29). The van der Waals surface area contributed by atoms with Gasteiger partial charge in [0.25, 0.3) is 5.91 Å². The molecule has 0 unspecified atom stereocenters. The van der Waals surface area contributed by atoms with Crippen molar-refractivity contribution in [2.75, 3.05) is 5.32 Å². The molecule has 0 bridgehead atoms. The van der Waals surface area contributed by atoms with Gasteiger partial charge in [-0.1, -0.05) is 65.4 Å². The number of halogens is 1. The lowest BCUT2D eigenvalue weighted by molar-refractivity contribution is 0.101. The zero-order valence-corrected chi connectivity index (χ0v) is 17.4. The van der Waals surface area contributed by atoms with Crippen molar-refractivity contribution in [3.8, 4) is 5.69 Å². The zero-order chi connectivity index (χ0) is 21.1. The Balaban J connectivity index is 1.58. The van der Waals surface area contributed by atoms with Gasteiger partial charge in [0.05, 0.1) is 10.7 Å². The average Bonchev–Trinajstić information content (AvgIpc) is 3.16. The van der Waals surface area contributed by atoms with Gasteiger partial charge in [0.15, 0.2) is 5.69 Å². The number of carbonyl (C=O) groups excluding carboxylic acids is 1. The Labute approximate surface area is 181 Å². The van der Waals surface area contributed by atoms with E-state index in [-0.39, 0.29) is 5.69 Å². The molecule has 4 aromatic rings. The van der Waals surface area contributed by atoms with E-state index in [0.717, 1.165) is 10.6 Å². The molecule has 1 N–H and O–H groups in total. The molecule has 150 valence electrons. The minimum absolute atomic E-state index is 0.250. The molecule has 0 atom stereocenters. The first-order chi connectivity index (χ1) is 14.5. The molecule has 9 heteroatoms. The summed E-state index contributed by atoms with van der Waals surface area (Å²) in [5, 5.41) is 16.5. The average molecular weight is 438 g/mol. The maximum absolute atomic E-state index is 12.7. The van der Waals surface area contributed by atoms with Crippen LogP contribution >= 0.6 is 22.9 Å². The number of rotatable bonds is 5. The van der Waals surface area contributed by atoms with Crippen molar-refractivity contribution in [1.29, 1.82) is 0 Å². The molecule has 2 aromatic carbocycles. The van der Waals surface area contributed by atoms with Crippen molar-refractivity contribution in [3.63, 3.8) is 0 Å². The summed E-state index contributed by atoms with van der Waals surface area (Å²) in [5.41, 5.74) is 1.49. The van der Waals surface area contributed by atoms with Gasteiger partial charge in [0.1, 0.15) is 5.01 Å². The Kier molecular flexibility index (Phi) is 5.69. The fourth-order valence-electron chi connectivity index (χ4n) is 2.87. The second-order valence-corrected chi connectivity index (χ2v) is 7.95. The molecular weight excluding hydrogens is 422 g/mol. The summed E-state index contributed by atoms with van der Waals surface area (Å²) in [6, 6.07) is 18.2. The van der Waals surface area contributed by atoms with Crippen LogP contribution in [-0.2, 0) is 6.42 Å². The molecule has 30 heavy (non-hydrogen) atoms. The molecule has 2 heterocycles. The Morgan fingerprint density at radius 3 is 2.60 bits per heavy atom. The maximum atomic E-state index is 12.7. The third kappa shape index (κ3) is 4.29. The number of amides is 1. The normalized spacial score (nSPS) is 10.7. The molecule has 2 aromatic heterocycles. The second kappa shape index (κ2) is 8.56. The van der Waals surface area contributed by atoms with Crippen molar-refractivity contribution in [2.24, 2.45) is 0 Å². The maximum Gasteiger partial charge on any atom is 0.282 e. The molecular formula is C21H16ClN5O2S. The molecule has 0 saturated carbocycles. The van der Waals surface area contributed by atoms with E-state index in [1.165, 1.54) is 22.1 Å². The molecule has 0 radical (unpaired) electrons. The summed E-state index contributed by atoms with van der Waals surface area (Å²) < 4.78 is 1.47. The summed E-state index contributed by atoms with van der Waals surface area (Å²) in [6.45, 7) is 1.72. The first kappa shape index (κ1) is 19.9. The Bertz CT molecular complexity index is 1270. The van der Waals surface area contributed by atoms with Crippen molar-refractivity contribution in [2.45, 2.75) is 13.3 Å². The minimum Gasteiger partial charge on any atom is -0.295 e. The summed E-state index contributed by atoms with van der Waals surface area (Å²) >= 11 is 7.50. The van der Waals surface area contributed by atoms with E-state index in [1.807, 2.05) is 30.3 Å². The number of aromatic nitrogens is 4. The smallest absolute Gasteiger partial charge is 0.282 e. The lowest BCUT2D eigenvalue weighted by Crippen LogP contribution is -2.27. The number of hydrogen-bond donors (Lipinski definition) is 1.